The molecule has 1 N–H and O–H groups in total. The Morgan fingerprint density at radius 3 is 2.78 bits per heavy atom. The van der Waals surface area contributed by atoms with Crippen LogP contribution in [0.15, 0.2) is 24.3 Å². The average molecular weight is 251 g/mol. The Labute approximate surface area is 108 Å². The number of amides is 1. The highest BCUT2D eigenvalue weighted by Gasteiger charge is 2.13. The van der Waals surface area contributed by atoms with Crippen LogP contribution >= 0.6 is 0 Å². The van der Waals surface area contributed by atoms with Gasteiger partial charge >= 0.3 is 0 Å². The predicted molar refractivity (Wildman–Crippen MR) is 70.7 cm³/mol. The molecule has 1 aromatic rings. The molecule has 4 nitrogen and oxygen atoms in total. The minimum Gasteiger partial charge on any atom is -0.496 e. The van der Waals surface area contributed by atoms with E-state index in [1.54, 1.807) is 7.11 Å². The summed E-state index contributed by atoms with van der Waals surface area (Å²) < 4.78 is 10.5. The summed E-state index contributed by atoms with van der Waals surface area (Å²) in [5, 5.41) is 2.89. The van der Waals surface area contributed by atoms with Gasteiger partial charge in [0.05, 0.1) is 13.2 Å². The van der Waals surface area contributed by atoms with Gasteiger partial charge in [-0.2, -0.15) is 0 Å². The third-order valence-electron chi connectivity index (χ3n) is 2.56. The van der Waals surface area contributed by atoms with Gasteiger partial charge in [0.15, 0.2) is 0 Å². The van der Waals surface area contributed by atoms with Crippen molar-refractivity contribution in [2.24, 2.45) is 0 Å². The minimum absolute atomic E-state index is 0.0983. The maximum Gasteiger partial charge on any atom is 0.246 e. The SMILES string of the molecule is CCCOCC(=O)N[C@H](C)c1ccccc1OC. The monoisotopic (exact) mass is 251 g/mol. The van der Waals surface area contributed by atoms with Crippen molar-refractivity contribution < 1.29 is 14.3 Å². The number of hydrogen-bond acceptors (Lipinski definition) is 3. The molecule has 1 atom stereocenters. The zero-order valence-corrected chi connectivity index (χ0v) is 11.2. The molecule has 0 aromatic heterocycles. The molecular weight excluding hydrogens is 230 g/mol. The van der Waals surface area contributed by atoms with E-state index in [1.165, 1.54) is 0 Å². The largest absolute Gasteiger partial charge is 0.496 e. The van der Waals surface area contributed by atoms with E-state index in [1.807, 2.05) is 38.1 Å². The maximum absolute atomic E-state index is 11.6. The van der Waals surface area contributed by atoms with Crippen LogP contribution in [0.25, 0.3) is 0 Å². The Morgan fingerprint density at radius 1 is 1.39 bits per heavy atom. The standard InChI is InChI=1S/C14H21NO3/c1-4-9-18-10-14(16)15-11(2)12-7-5-6-8-13(12)17-3/h5-8,11H,4,9-10H2,1-3H3,(H,15,16)/t11-/m1/s1. The van der Waals surface area contributed by atoms with Gasteiger partial charge in [0.2, 0.25) is 5.91 Å². The molecule has 0 spiro atoms. The molecule has 0 aliphatic rings. The fourth-order valence-electron chi connectivity index (χ4n) is 1.69. The number of ether oxygens (including phenoxy) is 2. The molecular formula is C14H21NO3. The molecule has 0 saturated carbocycles. The first kappa shape index (κ1) is 14.5. The number of benzene rings is 1. The van der Waals surface area contributed by atoms with Gasteiger partial charge in [0, 0.05) is 12.2 Å². The maximum atomic E-state index is 11.6. The van der Waals surface area contributed by atoms with Crippen LogP contribution in [0, 0.1) is 0 Å². The number of methoxy groups -OCH3 is 1. The van der Waals surface area contributed by atoms with Crippen molar-refractivity contribution in [3.63, 3.8) is 0 Å². The van der Waals surface area contributed by atoms with E-state index in [2.05, 4.69) is 5.32 Å². The lowest BCUT2D eigenvalue weighted by Gasteiger charge is -2.17. The van der Waals surface area contributed by atoms with Crippen LogP contribution in [0.4, 0.5) is 0 Å². The molecule has 0 aliphatic heterocycles. The van der Waals surface area contributed by atoms with E-state index < -0.39 is 0 Å². The van der Waals surface area contributed by atoms with E-state index in [0.29, 0.717) is 6.61 Å². The van der Waals surface area contributed by atoms with Crippen molar-refractivity contribution in [2.75, 3.05) is 20.3 Å². The fraction of sp³-hybridized carbons (Fsp3) is 0.500. The second-order valence-corrected chi connectivity index (χ2v) is 4.08. The molecule has 4 heteroatoms. The molecule has 0 saturated heterocycles. The summed E-state index contributed by atoms with van der Waals surface area (Å²) >= 11 is 0. The van der Waals surface area contributed by atoms with Crippen molar-refractivity contribution in [3.8, 4) is 5.75 Å². The van der Waals surface area contributed by atoms with Gasteiger partial charge in [-0.25, -0.2) is 0 Å². The lowest BCUT2D eigenvalue weighted by Crippen LogP contribution is -2.30. The molecule has 0 radical (unpaired) electrons. The van der Waals surface area contributed by atoms with Gasteiger partial charge in [-0.3, -0.25) is 4.79 Å². The van der Waals surface area contributed by atoms with Crippen LogP contribution in [0.5, 0.6) is 5.75 Å². The Kier molecular flexibility index (Phi) is 6.22. The number of carbonyl (C=O) groups excluding carboxylic acids is 1. The predicted octanol–water partition coefficient (Wildman–Crippen LogP) is 2.30. The van der Waals surface area contributed by atoms with Gasteiger partial charge in [-0.1, -0.05) is 25.1 Å². The van der Waals surface area contributed by atoms with Crippen LogP contribution in [0.3, 0.4) is 0 Å². The van der Waals surface area contributed by atoms with E-state index in [-0.39, 0.29) is 18.6 Å². The van der Waals surface area contributed by atoms with Gasteiger partial charge in [-0.05, 0) is 19.4 Å². The fourth-order valence-corrected chi connectivity index (χ4v) is 1.69. The van der Waals surface area contributed by atoms with Crippen LogP contribution in [-0.2, 0) is 9.53 Å². The summed E-state index contributed by atoms with van der Waals surface area (Å²) in [5.41, 5.74) is 0.962. The van der Waals surface area contributed by atoms with E-state index >= 15 is 0 Å². The smallest absolute Gasteiger partial charge is 0.246 e. The molecule has 1 aromatic carbocycles. The lowest BCUT2D eigenvalue weighted by atomic mass is 10.1. The quantitative estimate of drug-likeness (QED) is 0.756. The number of rotatable bonds is 7. The van der Waals surface area contributed by atoms with Crippen LogP contribution in [0.1, 0.15) is 31.9 Å². The Morgan fingerprint density at radius 2 is 2.11 bits per heavy atom. The van der Waals surface area contributed by atoms with Gasteiger partial charge in [-0.15, -0.1) is 0 Å². The summed E-state index contributed by atoms with van der Waals surface area (Å²) in [6, 6.07) is 7.55. The van der Waals surface area contributed by atoms with Crippen LogP contribution in [0.2, 0.25) is 0 Å². The highest BCUT2D eigenvalue weighted by atomic mass is 16.5. The number of nitrogens with one attached hydrogen (secondary N) is 1. The summed E-state index contributed by atoms with van der Waals surface area (Å²) in [7, 11) is 1.62. The topological polar surface area (TPSA) is 47.6 Å². The first-order valence-electron chi connectivity index (χ1n) is 6.19. The van der Waals surface area contributed by atoms with Crippen molar-refractivity contribution in [1.29, 1.82) is 0 Å². The minimum atomic E-state index is -0.109. The highest BCUT2D eigenvalue weighted by Crippen LogP contribution is 2.24. The Hall–Kier alpha value is -1.55. The number of para-hydroxylation sites is 1. The van der Waals surface area contributed by atoms with Gasteiger partial charge < -0.3 is 14.8 Å². The zero-order chi connectivity index (χ0) is 13.4. The highest BCUT2D eigenvalue weighted by molar-refractivity contribution is 5.77. The second-order valence-electron chi connectivity index (χ2n) is 4.08. The Bertz CT molecular complexity index is 379. The molecule has 0 unspecified atom stereocenters. The summed E-state index contributed by atoms with van der Waals surface area (Å²) in [6.07, 6.45) is 0.912. The molecule has 0 aliphatic carbocycles. The molecule has 1 amide bonds. The number of carbonyl (C=O) groups is 1. The third kappa shape index (κ3) is 4.37. The normalized spacial score (nSPS) is 11.9. The van der Waals surface area contributed by atoms with Crippen molar-refractivity contribution in [1.82, 2.24) is 5.32 Å². The molecule has 100 valence electrons. The molecule has 0 bridgehead atoms. The second kappa shape index (κ2) is 7.71. The first-order valence-corrected chi connectivity index (χ1v) is 6.19. The molecule has 0 heterocycles. The van der Waals surface area contributed by atoms with Crippen molar-refractivity contribution >= 4 is 5.91 Å². The van der Waals surface area contributed by atoms with Crippen molar-refractivity contribution in [3.05, 3.63) is 29.8 Å². The number of hydrogen-bond donors (Lipinski definition) is 1. The lowest BCUT2D eigenvalue weighted by molar-refractivity contribution is -0.126. The molecule has 0 fully saturated rings. The van der Waals surface area contributed by atoms with E-state index in [4.69, 9.17) is 9.47 Å². The summed E-state index contributed by atoms with van der Waals surface area (Å²) in [4.78, 5) is 11.6. The third-order valence-corrected chi connectivity index (χ3v) is 2.56. The van der Waals surface area contributed by atoms with Gasteiger partial charge in [0.25, 0.3) is 0 Å². The molecule has 18 heavy (non-hydrogen) atoms. The average Bonchev–Trinajstić information content (AvgIpc) is 2.39. The first-order chi connectivity index (χ1) is 8.69. The Balaban J connectivity index is 2.53. The summed E-state index contributed by atoms with van der Waals surface area (Å²) in [6.45, 7) is 4.65. The van der Waals surface area contributed by atoms with Crippen LogP contribution < -0.4 is 10.1 Å². The van der Waals surface area contributed by atoms with E-state index in [9.17, 15) is 4.79 Å². The van der Waals surface area contributed by atoms with E-state index in [0.717, 1.165) is 17.7 Å². The summed E-state index contributed by atoms with van der Waals surface area (Å²) in [5.74, 6) is 0.668. The zero-order valence-electron chi connectivity index (χ0n) is 11.2. The van der Waals surface area contributed by atoms with Crippen molar-refractivity contribution in [2.45, 2.75) is 26.3 Å². The van der Waals surface area contributed by atoms with Crippen LogP contribution in [-0.4, -0.2) is 26.2 Å². The molecule has 1 rings (SSSR count). The van der Waals surface area contributed by atoms with Gasteiger partial charge in [0.1, 0.15) is 12.4 Å².